The number of hydrogen-bond donors (Lipinski definition) is 0. The average Bonchev–Trinajstić information content (AvgIpc) is 2.73. The van der Waals surface area contributed by atoms with E-state index in [4.69, 9.17) is 0 Å². The minimum absolute atomic E-state index is 0.291. The molecule has 0 spiro atoms. The molecule has 0 amide bonds. The third-order valence-corrected chi connectivity index (χ3v) is 4.12. The number of ether oxygens (including phenoxy) is 1. The topological polar surface area (TPSA) is 29.5 Å². The number of esters is 1. The molecule has 0 radical (unpaired) electrons. The van der Waals surface area contributed by atoms with Crippen LogP contribution < -0.4 is 0 Å². The van der Waals surface area contributed by atoms with Crippen LogP contribution in [0.15, 0.2) is 86.5 Å². The summed E-state index contributed by atoms with van der Waals surface area (Å²) in [7, 11) is 1.37. The van der Waals surface area contributed by atoms with Crippen molar-refractivity contribution in [2.75, 3.05) is 20.2 Å². The summed E-state index contributed by atoms with van der Waals surface area (Å²) >= 11 is 0. The van der Waals surface area contributed by atoms with E-state index >= 15 is 0 Å². The van der Waals surface area contributed by atoms with Gasteiger partial charge in [-0.2, -0.15) is 0 Å². The zero-order valence-electron chi connectivity index (χ0n) is 16.3. The van der Waals surface area contributed by atoms with Crippen molar-refractivity contribution < 1.29 is 9.53 Å². The molecule has 0 saturated carbocycles. The van der Waals surface area contributed by atoms with Crippen molar-refractivity contribution in [3.63, 3.8) is 0 Å². The molecular weight excluding hydrogens is 334 g/mol. The minimum Gasteiger partial charge on any atom is -0.465 e. The highest BCUT2D eigenvalue weighted by Crippen LogP contribution is 2.20. The number of rotatable bonds is 8. The quantitative estimate of drug-likeness (QED) is 0.456. The maximum absolute atomic E-state index is 10.8. The van der Waals surface area contributed by atoms with E-state index in [9.17, 15) is 4.79 Å². The summed E-state index contributed by atoms with van der Waals surface area (Å²) in [5, 5.41) is 0. The van der Waals surface area contributed by atoms with Crippen LogP contribution in [0.3, 0.4) is 0 Å². The second-order valence-corrected chi connectivity index (χ2v) is 5.94. The molecule has 0 saturated heterocycles. The Balaban J connectivity index is 0.000000309. The molecule has 142 valence electrons. The molecule has 3 heteroatoms. The van der Waals surface area contributed by atoms with Crippen LogP contribution in [0.4, 0.5) is 0 Å². The molecule has 2 aromatic rings. The molecule has 2 aromatic carbocycles. The van der Waals surface area contributed by atoms with Gasteiger partial charge in [0.1, 0.15) is 0 Å². The zero-order valence-corrected chi connectivity index (χ0v) is 16.3. The van der Waals surface area contributed by atoms with Gasteiger partial charge in [0.15, 0.2) is 0 Å². The van der Waals surface area contributed by atoms with Gasteiger partial charge >= 0.3 is 5.97 Å². The fraction of sp³-hybridized carbons (Fsp3) is 0.208. The normalized spacial score (nSPS) is 10.9. The minimum atomic E-state index is -0.291. The molecule has 0 N–H and O–H groups in total. The lowest BCUT2D eigenvalue weighted by molar-refractivity contribution is 0.0600. The molecule has 1 atom stereocenters. The summed E-state index contributed by atoms with van der Waals surface area (Å²) < 4.78 is 4.50. The monoisotopic (exact) mass is 363 g/mol. The molecule has 0 aliphatic rings. The lowest BCUT2D eigenvalue weighted by Gasteiger charge is -2.27. The summed E-state index contributed by atoms with van der Waals surface area (Å²) in [6.07, 6.45) is 5.72. The Hall–Kier alpha value is -2.91. The Bertz CT molecular complexity index is 710. The second-order valence-electron chi connectivity index (χ2n) is 5.94. The summed E-state index contributed by atoms with van der Waals surface area (Å²) in [6.45, 7) is 15.3. The first-order valence-electron chi connectivity index (χ1n) is 8.89. The van der Waals surface area contributed by atoms with Gasteiger partial charge in [-0.15, -0.1) is 13.2 Å². The number of methoxy groups -OCH3 is 1. The van der Waals surface area contributed by atoms with Crippen LogP contribution in [-0.2, 0) is 4.74 Å². The van der Waals surface area contributed by atoms with E-state index in [1.807, 2.05) is 24.3 Å². The van der Waals surface area contributed by atoms with Crippen LogP contribution in [0.25, 0.3) is 6.08 Å². The van der Waals surface area contributed by atoms with Gasteiger partial charge in [0.2, 0.25) is 0 Å². The Kier molecular flexibility index (Phi) is 10.2. The van der Waals surface area contributed by atoms with E-state index in [2.05, 4.69) is 60.6 Å². The van der Waals surface area contributed by atoms with Crippen molar-refractivity contribution in [3.8, 4) is 0 Å². The van der Waals surface area contributed by atoms with E-state index in [0.717, 1.165) is 18.7 Å². The SMILES string of the molecule is C=CCN(CC=C)C(C)c1ccc(C=C)cc1.COC(=O)c1ccccc1. The van der Waals surface area contributed by atoms with E-state index in [1.165, 1.54) is 12.7 Å². The van der Waals surface area contributed by atoms with Crippen LogP contribution >= 0.6 is 0 Å². The number of carbonyl (C=O) groups is 1. The Labute approximate surface area is 163 Å². The number of hydrogen-bond acceptors (Lipinski definition) is 3. The lowest BCUT2D eigenvalue weighted by atomic mass is 10.0. The van der Waals surface area contributed by atoms with E-state index < -0.39 is 0 Å². The van der Waals surface area contributed by atoms with Crippen LogP contribution in [0.1, 0.15) is 34.5 Å². The van der Waals surface area contributed by atoms with Gasteiger partial charge in [-0.3, -0.25) is 4.90 Å². The molecule has 0 fully saturated rings. The first-order chi connectivity index (χ1) is 13.1. The Morgan fingerprint density at radius 2 is 1.56 bits per heavy atom. The fourth-order valence-electron chi connectivity index (χ4n) is 2.54. The highest BCUT2D eigenvalue weighted by molar-refractivity contribution is 5.89. The van der Waals surface area contributed by atoms with E-state index in [-0.39, 0.29) is 5.97 Å². The molecule has 0 aliphatic heterocycles. The maximum atomic E-state index is 10.8. The van der Waals surface area contributed by atoms with Gasteiger partial charge < -0.3 is 4.74 Å². The molecule has 0 aromatic heterocycles. The predicted molar refractivity (Wildman–Crippen MR) is 115 cm³/mol. The highest BCUT2D eigenvalue weighted by atomic mass is 16.5. The average molecular weight is 364 g/mol. The van der Waals surface area contributed by atoms with Crippen LogP contribution in [0, 0.1) is 0 Å². The van der Waals surface area contributed by atoms with Gasteiger partial charge in [-0.1, -0.05) is 67.3 Å². The zero-order chi connectivity index (χ0) is 20.1. The fourth-order valence-corrected chi connectivity index (χ4v) is 2.54. The van der Waals surface area contributed by atoms with Crippen molar-refractivity contribution in [3.05, 3.63) is 103 Å². The second kappa shape index (κ2) is 12.4. The first-order valence-corrected chi connectivity index (χ1v) is 8.89. The number of benzene rings is 2. The Morgan fingerprint density at radius 1 is 1.00 bits per heavy atom. The van der Waals surface area contributed by atoms with Crippen molar-refractivity contribution in [1.82, 2.24) is 4.90 Å². The van der Waals surface area contributed by atoms with Crippen molar-refractivity contribution in [2.45, 2.75) is 13.0 Å². The van der Waals surface area contributed by atoms with Crippen LogP contribution in [-0.4, -0.2) is 31.1 Å². The van der Waals surface area contributed by atoms with Gasteiger partial charge in [0.25, 0.3) is 0 Å². The molecule has 0 heterocycles. The molecule has 27 heavy (non-hydrogen) atoms. The molecule has 2 rings (SSSR count). The molecule has 0 aliphatic carbocycles. The maximum Gasteiger partial charge on any atom is 0.337 e. The van der Waals surface area contributed by atoms with Crippen molar-refractivity contribution >= 4 is 12.0 Å². The van der Waals surface area contributed by atoms with Gasteiger partial charge in [-0.25, -0.2) is 4.79 Å². The van der Waals surface area contributed by atoms with Crippen molar-refractivity contribution in [2.24, 2.45) is 0 Å². The van der Waals surface area contributed by atoms with Gasteiger partial charge in [0.05, 0.1) is 12.7 Å². The standard InChI is InChI=1S/C16H21N.C8H8O2/c1-5-12-17(13-6-2)14(4)16-10-8-15(7-3)9-11-16;1-10-8(9)7-5-3-2-4-6-7/h5-11,14H,1-3,12-13H2,4H3;2-6H,1H3. The van der Waals surface area contributed by atoms with Gasteiger partial charge in [0, 0.05) is 19.1 Å². The van der Waals surface area contributed by atoms with Crippen LogP contribution in [0.2, 0.25) is 0 Å². The molecular formula is C24H29NO2. The molecule has 3 nitrogen and oxygen atoms in total. The third kappa shape index (κ3) is 7.47. The summed E-state index contributed by atoms with van der Waals surface area (Å²) in [4.78, 5) is 13.1. The largest absolute Gasteiger partial charge is 0.465 e. The molecule has 0 bridgehead atoms. The third-order valence-electron chi connectivity index (χ3n) is 4.12. The predicted octanol–water partition coefficient (Wildman–Crippen LogP) is 5.54. The van der Waals surface area contributed by atoms with Crippen molar-refractivity contribution in [1.29, 1.82) is 0 Å². The summed E-state index contributed by atoms with van der Waals surface area (Å²) in [5.41, 5.74) is 3.05. The number of carbonyl (C=O) groups excluding carboxylic acids is 1. The highest BCUT2D eigenvalue weighted by Gasteiger charge is 2.12. The molecule has 1 unspecified atom stereocenters. The summed E-state index contributed by atoms with van der Waals surface area (Å²) in [5.74, 6) is -0.291. The van der Waals surface area contributed by atoms with Gasteiger partial charge in [-0.05, 0) is 30.2 Å². The Morgan fingerprint density at radius 3 is 2.00 bits per heavy atom. The smallest absolute Gasteiger partial charge is 0.337 e. The number of nitrogens with zero attached hydrogens (tertiary/aromatic N) is 1. The van der Waals surface area contributed by atoms with E-state index in [0.29, 0.717) is 11.6 Å². The van der Waals surface area contributed by atoms with E-state index in [1.54, 1.807) is 24.3 Å². The van der Waals surface area contributed by atoms with Crippen LogP contribution in [0.5, 0.6) is 0 Å². The lowest BCUT2D eigenvalue weighted by Crippen LogP contribution is -2.27. The first kappa shape index (κ1) is 22.1. The summed E-state index contributed by atoms with van der Waals surface area (Å²) in [6, 6.07) is 17.7.